The third-order valence-electron chi connectivity index (χ3n) is 1.94. The molecule has 1 aromatic rings. The number of ether oxygens (including phenoxy) is 2. The molecule has 0 unspecified atom stereocenters. The van der Waals surface area contributed by atoms with Crippen LogP contribution < -0.4 is 4.74 Å². The Bertz CT molecular complexity index is 326. The molecule has 0 amide bonds. The summed E-state index contributed by atoms with van der Waals surface area (Å²) in [6, 6.07) is 6.33. The molecule has 0 aliphatic carbocycles. The number of aromatic carboxylic acids is 1. The molecule has 4 heteroatoms. The average molecular weight is 194 g/mol. The van der Waals surface area contributed by atoms with Crippen molar-refractivity contribution in [2.24, 2.45) is 0 Å². The summed E-state index contributed by atoms with van der Waals surface area (Å²) >= 11 is 0. The number of hydrogen-bond donors (Lipinski definition) is 1. The molecule has 0 radical (unpaired) electrons. The highest BCUT2D eigenvalue weighted by atomic mass is 16.6. The van der Waals surface area contributed by atoms with Crippen molar-refractivity contribution < 1.29 is 19.4 Å². The van der Waals surface area contributed by atoms with Crippen molar-refractivity contribution in [2.75, 3.05) is 13.2 Å². The van der Waals surface area contributed by atoms with E-state index in [1.165, 1.54) is 12.1 Å². The van der Waals surface area contributed by atoms with E-state index in [9.17, 15) is 4.79 Å². The molecule has 2 rings (SSSR count). The van der Waals surface area contributed by atoms with E-state index in [4.69, 9.17) is 14.6 Å². The summed E-state index contributed by atoms with van der Waals surface area (Å²) < 4.78 is 10.3. The van der Waals surface area contributed by atoms with E-state index in [2.05, 4.69) is 0 Å². The quantitative estimate of drug-likeness (QED) is 0.731. The molecule has 0 bridgehead atoms. The van der Waals surface area contributed by atoms with E-state index in [1.54, 1.807) is 12.1 Å². The van der Waals surface area contributed by atoms with Crippen molar-refractivity contribution >= 4 is 5.97 Å². The van der Waals surface area contributed by atoms with Gasteiger partial charge in [-0.3, -0.25) is 0 Å². The SMILES string of the molecule is O=C(O)c1ccc(OC[C@H]2CO2)cc1. The summed E-state index contributed by atoms with van der Waals surface area (Å²) in [5.74, 6) is -0.257. The smallest absolute Gasteiger partial charge is 0.335 e. The Morgan fingerprint density at radius 3 is 2.64 bits per heavy atom. The number of carboxylic acids is 1. The average Bonchev–Trinajstić information content (AvgIpc) is 2.99. The molecule has 0 saturated carbocycles. The van der Waals surface area contributed by atoms with E-state index in [0.717, 1.165) is 6.61 Å². The molecule has 1 N–H and O–H groups in total. The lowest BCUT2D eigenvalue weighted by molar-refractivity contribution is 0.0697. The highest BCUT2D eigenvalue weighted by molar-refractivity contribution is 5.87. The lowest BCUT2D eigenvalue weighted by Crippen LogP contribution is -2.04. The summed E-state index contributed by atoms with van der Waals surface area (Å²) in [5.41, 5.74) is 0.264. The van der Waals surface area contributed by atoms with Gasteiger partial charge in [-0.05, 0) is 24.3 Å². The first-order chi connectivity index (χ1) is 6.75. The van der Waals surface area contributed by atoms with Gasteiger partial charge in [0, 0.05) is 0 Å². The first-order valence-electron chi connectivity index (χ1n) is 4.33. The van der Waals surface area contributed by atoms with Crippen LogP contribution in [0.5, 0.6) is 5.75 Å². The minimum absolute atomic E-state index is 0.217. The summed E-state index contributed by atoms with van der Waals surface area (Å²) in [7, 11) is 0. The minimum atomic E-state index is -0.929. The summed E-state index contributed by atoms with van der Waals surface area (Å²) in [5, 5.41) is 8.64. The number of carboxylic acid groups (broad SMARTS) is 1. The lowest BCUT2D eigenvalue weighted by atomic mass is 10.2. The zero-order valence-corrected chi connectivity index (χ0v) is 7.47. The Balaban J connectivity index is 1.94. The number of benzene rings is 1. The van der Waals surface area contributed by atoms with Crippen LogP contribution >= 0.6 is 0 Å². The third-order valence-corrected chi connectivity index (χ3v) is 1.94. The fourth-order valence-corrected chi connectivity index (χ4v) is 1.05. The van der Waals surface area contributed by atoms with Gasteiger partial charge in [-0.1, -0.05) is 0 Å². The maximum atomic E-state index is 10.5. The van der Waals surface area contributed by atoms with E-state index in [1.807, 2.05) is 0 Å². The predicted molar refractivity (Wildman–Crippen MR) is 48.6 cm³/mol. The first kappa shape index (κ1) is 9.02. The van der Waals surface area contributed by atoms with Crippen molar-refractivity contribution in [2.45, 2.75) is 6.10 Å². The monoisotopic (exact) mass is 194 g/mol. The molecule has 1 aliphatic rings. The van der Waals surface area contributed by atoms with Gasteiger partial charge in [-0.25, -0.2) is 4.79 Å². The Kier molecular flexibility index (Phi) is 2.37. The van der Waals surface area contributed by atoms with Crippen molar-refractivity contribution in [1.29, 1.82) is 0 Å². The third kappa shape index (κ3) is 2.23. The predicted octanol–water partition coefficient (Wildman–Crippen LogP) is 1.16. The van der Waals surface area contributed by atoms with E-state index in [0.29, 0.717) is 12.4 Å². The molecule has 4 nitrogen and oxygen atoms in total. The van der Waals surface area contributed by atoms with Gasteiger partial charge in [-0.15, -0.1) is 0 Å². The molecule has 1 saturated heterocycles. The van der Waals surface area contributed by atoms with Crippen molar-refractivity contribution in [1.82, 2.24) is 0 Å². The molecular formula is C10H10O4. The molecule has 1 fully saturated rings. The second-order valence-electron chi connectivity index (χ2n) is 3.10. The molecule has 74 valence electrons. The van der Waals surface area contributed by atoms with Gasteiger partial charge in [0.25, 0.3) is 0 Å². The summed E-state index contributed by atoms with van der Waals surface area (Å²) in [6.07, 6.45) is 0.217. The molecule has 1 atom stereocenters. The van der Waals surface area contributed by atoms with Crippen LogP contribution in [0.2, 0.25) is 0 Å². The molecule has 1 heterocycles. The van der Waals surface area contributed by atoms with Gasteiger partial charge in [0.15, 0.2) is 0 Å². The normalized spacial score (nSPS) is 19.0. The van der Waals surface area contributed by atoms with Crippen LogP contribution in [0.3, 0.4) is 0 Å². The van der Waals surface area contributed by atoms with Crippen LogP contribution in [0.4, 0.5) is 0 Å². The number of carbonyl (C=O) groups is 1. The molecule has 1 aliphatic heterocycles. The fourth-order valence-electron chi connectivity index (χ4n) is 1.05. The number of rotatable bonds is 4. The van der Waals surface area contributed by atoms with E-state index >= 15 is 0 Å². The van der Waals surface area contributed by atoms with Crippen LogP contribution in [-0.2, 0) is 4.74 Å². The Hall–Kier alpha value is -1.55. The highest BCUT2D eigenvalue weighted by Crippen LogP contribution is 2.15. The zero-order valence-electron chi connectivity index (χ0n) is 7.47. The van der Waals surface area contributed by atoms with Crippen LogP contribution in [0.25, 0.3) is 0 Å². The van der Waals surface area contributed by atoms with Gasteiger partial charge >= 0.3 is 5.97 Å². The first-order valence-corrected chi connectivity index (χ1v) is 4.33. The van der Waals surface area contributed by atoms with Crippen molar-refractivity contribution in [3.63, 3.8) is 0 Å². The summed E-state index contributed by atoms with van der Waals surface area (Å²) in [6.45, 7) is 1.29. The van der Waals surface area contributed by atoms with Crippen LogP contribution in [-0.4, -0.2) is 30.4 Å². The second kappa shape index (κ2) is 3.67. The van der Waals surface area contributed by atoms with Gasteiger partial charge in [0.2, 0.25) is 0 Å². The number of epoxide rings is 1. The molecule has 1 aromatic carbocycles. The summed E-state index contributed by atoms with van der Waals surface area (Å²) in [4.78, 5) is 10.5. The fraction of sp³-hybridized carbons (Fsp3) is 0.300. The Morgan fingerprint density at radius 2 is 2.14 bits per heavy atom. The molecular weight excluding hydrogens is 184 g/mol. The molecule has 14 heavy (non-hydrogen) atoms. The lowest BCUT2D eigenvalue weighted by Gasteiger charge is -2.03. The number of hydrogen-bond acceptors (Lipinski definition) is 3. The second-order valence-corrected chi connectivity index (χ2v) is 3.10. The van der Waals surface area contributed by atoms with Crippen molar-refractivity contribution in [3.8, 4) is 5.75 Å². The Labute approximate surface area is 81.1 Å². The Morgan fingerprint density at radius 1 is 1.50 bits per heavy atom. The van der Waals surface area contributed by atoms with Crippen molar-refractivity contribution in [3.05, 3.63) is 29.8 Å². The van der Waals surface area contributed by atoms with Gasteiger partial charge in [-0.2, -0.15) is 0 Å². The van der Waals surface area contributed by atoms with E-state index in [-0.39, 0.29) is 11.7 Å². The molecule has 0 spiro atoms. The zero-order chi connectivity index (χ0) is 9.97. The molecule has 0 aromatic heterocycles. The maximum absolute atomic E-state index is 10.5. The minimum Gasteiger partial charge on any atom is -0.491 e. The van der Waals surface area contributed by atoms with Gasteiger partial charge < -0.3 is 14.6 Å². The van der Waals surface area contributed by atoms with Crippen LogP contribution in [0, 0.1) is 0 Å². The standard InChI is InChI=1S/C10H10O4/c11-10(12)7-1-3-8(4-2-7)13-5-9-6-14-9/h1-4,9H,5-6H2,(H,11,12)/t9-/m0/s1. The topological polar surface area (TPSA) is 59.1 Å². The highest BCUT2D eigenvalue weighted by Gasteiger charge is 2.22. The van der Waals surface area contributed by atoms with Gasteiger partial charge in [0.05, 0.1) is 12.2 Å². The van der Waals surface area contributed by atoms with Crippen LogP contribution in [0.15, 0.2) is 24.3 Å². The maximum Gasteiger partial charge on any atom is 0.335 e. The van der Waals surface area contributed by atoms with Gasteiger partial charge in [0.1, 0.15) is 18.5 Å². The largest absolute Gasteiger partial charge is 0.491 e. The van der Waals surface area contributed by atoms with Crippen LogP contribution in [0.1, 0.15) is 10.4 Å². The van der Waals surface area contributed by atoms with E-state index < -0.39 is 5.97 Å².